The van der Waals surface area contributed by atoms with Gasteiger partial charge in [-0.1, -0.05) is 18.5 Å². The smallest absolute Gasteiger partial charge is 0.549 e. The van der Waals surface area contributed by atoms with Crippen LogP contribution < -0.4 is 24.0 Å². The molecular formula is C7H6ClLiN2O2. The van der Waals surface area contributed by atoms with Crippen LogP contribution in [-0.4, -0.2) is 16.2 Å². The standard InChI is InChI=1S/C7H7ClN2O2.Li/c1-4(7(11)12)5-2-3-6(8)10-9-5;/h2-4H,1H3,(H,11,12);/q;+1/p-1. The average Bonchev–Trinajstić information content (AvgIpc) is 2.04. The molecule has 1 heterocycles. The van der Waals surface area contributed by atoms with Gasteiger partial charge in [-0.25, -0.2) is 0 Å². The minimum atomic E-state index is -1.17. The van der Waals surface area contributed by atoms with Gasteiger partial charge in [0.25, 0.3) is 0 Å². The molecule has 1 aromatic heterocycles. The Labute approximate surface area is 92.5 Å². The van der Waals surface area contributed by atoms with Crippen LogP contribution in [0.1, 0.15) is 18.5 Å². The van der Waals surface area contributed by atoms with E-state index in [0.717, 1.165) is 0 Å². The number of hydrogen-bond donors (Lipinski definition) is 0. The molecule has 0 spiro atoms. The van der Waals surface area contributed by atoms with Gasteiger partial charge < -0.3 is 9.90 Å². The van der Waals surface area contributed by atoms with Crippen LogP contribution in [0.3, 0.4) is 0 Å². The molecule has 0 aliphatic carbocycles. The summed E-state index contributed by atoms with van der Waals surface area (Å²) in [7, 11) is 0. The van der Waals surface area contributed by atoms with E-state index in [-0.39, 0.29) is 24.0 Å². The molecule has 13 heavy (non-hydrogen) atoms. The molecule has 1 atom stereocenters. The molecule has 0 fully saturated rings. The van der Waals surface area contributed by atoms with Crippen LogP contribution in [0.2, 0.25) is 5.15 Å². The van der Waals surface area contributed by atoms with Crippen molar-refractivity contribution in [1.29, 1.82) is 0 Å². The van der Waals surface area contributed by atoms with Gasteiger partial charge in [0.2, 0.25) is 0 Å². The van der Waals surface area contributed by atoms with Crippen molar-refractivity contribution >= 4 is 17.6 Å². The van der Waals surface area contributed by atoms with E-state index < -0.39 is 11.9 Å². The zero-order valence-corrected chi connectivity index (χ0v) is 8.08. The Bertz CT molecular complexity index is 291. The van der Waals surface area contributed by atoms with Crippen LogP contribution in [0.4, 0.5) is 0 Å². The fraction of sp³-hybridized carbons (Fsp3) is 0.286. The molecule has 6 heteroatoms. The van der Waals surface area contributed by atoms with E-state index in [1.54, 1.807) is 0 Å². The number of nitrogens with zero attached hydrogens (tertiary/aromatic N) is 2. The summed E-state index contributed by atoms with van der Waals surface area (Å²) in [6.07, 6.45) is 0. The maximum atomic E-state index is 10.4. The quantitative estimate of drug-likeness (QED) is 0.468. The Hall–Kier alpha value is -0.563. The van der Waals surface area contributed by atoms with Crippen LogP contribution in [0.5, 0.6) is 0 Å². The summed E-state index contributed by atoms with van der Waals surface area (Å²) in [6.45, 7) is 1.48. The predicted molar refractivity (Wildman–Crippen MR) is 40.5 cm³/mol. The Morgan fingerprint density at radius 3 is 2.54 bits per heavy atom. The summed E-state index contributed by atoms with van der Waals surface area (Å²) < 4.78 is 0. The minimum absolute atomic E-state index is 0. The molecule has 0 saturated carbocycles. The van der Waals surface area contributed by atoms with E-state index in [1.807, 2.05) is 0 Å². The van der Waals surface area contributed by atoms with Crippen LogP contribution in [0.25, 0.3) is 0 Å². The number of carbonyl (C=O) groups is 1. The first-order valence-corrected chi connectivity index (χ1v) is 3.69. The molecule has 0 N–H and O–H groups in total. The van der Waals surface area contributed by atoms with Gasteiger partial charge in [0.1, 0.15) is 0 Å². The molecule has 4 nitrogen and oxygen atoms in total. The summed E-state index contributed by atoms with van der Waals surface area (Å²) in [5.41, 5.74) is 0.347. The van der Waals surface area contributed by atoms with Gasteiger partial charge in [0.15, 0.2) is 5.15 Å². The fourth-order valence-electron chi connectivity index (χ4n) is 0.678. The minimum Gasteiger partial charge on any atom is -0.549 e. The molecule has 0 aliphatic heterocycles. The second-order valence-corrected chi connectivity index (χ2v) is 2.71. The second kappa shape index (κ2) is 5.23. The zero-order valence-electron chi connectivity index (χ0n) is 7.32. The number of aliphatic carboxylic acids is 1. The summed E-state index contributed by atoms with van der Waals surface area (Å²) in [5, 5.41) is 17.7. The Morgan fingerprint density at radius 2 is 2.15 bits per heavy atom. The Morgan fingerprint density at radius 1 is 1.54 bits per heavy atom. The van der Waals surface area contributed by atoms with Crippen molar-refractivity contribution in [3.8, 4) is 0 Å². The van der Waals surface area contributed by atoms with Crippen molar-refractivity contribution in [1.82, 2.24) is 10.2 Å². The van der Waals surface area contributed by atoms with Crippen LogP contribution >= 0.6 is 11.6 Å². The number of halogens is 1. The van der Waals surface area contributed by atoms with E-state index >= 15 is 0 Å². The first-order chi connectivity index (χ1) is 5.61. The molecule has 0 bridgehead atoms. The average molecular weight is 193 g/mol. The topological polar surface area (TPSA) is 65.9 Å². The number of rotatable bonds is 2. The molecule has 64 valence electrons. The maximum absolute atomic E-state index is 10.4. The van der Waals surface area contributed by atoms with Crippen LogP contribution in [-0.2, 0) is 4.79 Å². The van der Waals surface area contributed by atoms with Crippen molar-refractivity contribution in [3.05, 3.63) is 23.0 Å². The molecule has 0 aliphatic rings. The Balaban J connectivity index is 0.00000144. The van der Waals surface area contributed by atoms with Crippen LogP contribution in [0, 0.1) is 0 Å². The van der Waals surface area contributed by atoms with E-state index in [1.165, 1.54) is 19.1 Å². The predicted octanol–water partition coefficient (Wildman–Crippen LogP) is -3.01. The van der Waals surface area contributed by atoms with Gasteiger partial charge in [-0.15, -0.1) is 5.10 Å². The van der Waals surface area contributed by atoms with Crippen molar-refractivity contribution in [3.63, 3.8) is 0 Å². The third kappa shape index (κ3) is 3.35. The van der Waals surface area contributed by atoms with E-state index in [2.05, 4.69) is 10.2 Å². The summed E-state index contributed by atoms with van der Waals surface area (Å²) in [5.74, 6) is -1.93. The molecule has 1 aromatic rings. The summed E-state index contributed by atoms with van der Waals surface area (Å²) in [6, 6.07) is 3.00. The number of carbonyl (C=O) groups excluding carboxylic acids is 1. The number of aromatic nitrogens is 2. The second-order valence-electron chi connectivity index (χ2n) is 2.32. The van der Waals surface area contributed by atoms with Gasteiger partial charge in [-0.05, 0) is 12.1 Å². The van der Waals surface area contributed by atoms with Crippen molar-refractivity contribution in [2.75, 3.05) is 0 Å². The third-order valence-electron chi connectivity index (χ3n) is 1.45. The van der Waals surface area contributed by atoms with E-state index in [4.69, 9.17) is 11.6 Å². The number of carboxylic acid groups (broad SMARTS) is 1. The van der Waals surface area contributed by atoms with Gasteiger partial charge in [-0.3, -0.25) is 0 Å². The van der Waals surface area contributed by atoms with Crippen molar-refractivity contribution in [2.45, 2.75) is 12.8 Å². The first kappa shape index (κ1) is 12.4. The molecule has 0 saturated heterocycles. The number of hydrogen-bond acceptors (Lipinski definition) is 4. The van der Waals surface area contributed by atoms with Crippen molar-refractivity contribution < 1.29 is 28.8 Å². The SMILES string of the molecule is CC(C(=O)[O-])c1ccc(Cl)nn1.[Li+]. The van der Waals surface area contributed by atoms with Gasteiger partial charge in [0.05, 0.1) is 11.7 Å². The van der Waals surface area contributed by atoms with Gasteiger partial charge in [0, 0.05) is 5.92 Å². The maximum Gasteiger partial charge on any atom is 1.00 e. The van der Waals surface area contributed by atoms with E-state index in [0.29, 0.717) is 5.69 Å². The number of carboxylic acids is 1. The zero-order chi connectivity index (χ0) is 9.14. The molecule has 1 unspecified atom stereocenters. The monoisotopic (exact) mass is 192 g/mol. The molecule has 0 amide bonds. The summed E-state index contributed by atoms with van der Waals surface area (Å²) in [4.78, 5) is 10.4. The van der Waals surface area contributed by atoms with Gasteiger partial charge >= 0.3 is 18.9 Å². The summed E-state index contributed by atoms with van der Waals surface area (Å²) >= 11 is 5.46. The van der Waals surface area contributed by atoms with Gasteiger partial charge in [-0.2, -0.15) is 5.10 Å². The molecule has 1 rings (SSSR count). The fourth-order valence-corrected chi connectivity index (χ4v) is 0.779. The Kier molecular flexibility index (Phi) is 5.00. The van der Waals surface area contributed by atoms with Crippen molar-refractivity contribution in [2.24, 2.45) is 0 Å². The molecule has 0 radical (unpaired) electrons. The van der Waals surface area contributed by atoms with E-state index in [9.17, 15) is 9.90 Å². The molecule has 0 aromatic carbocycles. The third-order valence-corrected chi connectivity index (χ3v) is 1.65. The molecular weight excluding hydrogens is 186 g/mol. The largest absolute Gasteiger partial charge is 1.00 e. The normalized spacial score (nSPS) is 11.5. The van der Waals surface area contributed by atoms with Crippen LogP contribution in [0.15, 0.2) is 12.1 Å². The first-order valence-electron chi connectivity index (χ1n) is 3.31.